The van der Waals surface area contributed by atoms with Crippen molar-refractivity contribution in [3.63, 3.8) is 0 Å². The van der Waals surface area contributed by atoms with Gasteiger partial charge in [0.1, 0.15) is 0 Å². The Bertz CT molecular complexity index is 430. The van der Waals surface area contributed by atoms with Gasteiger partial charge in [-0.05, 0) is 25.0 Å². The Kier molecular flexibility index (Phi) is 4.53. The van der Waals surface area contributed by atoms with E-state index in [1.807, 2.05) is 12.1 Å². The van der Waals surface area contributed by atoms with E-state index in [0.29, 0.717) is 0 Å². The Morgan fingerprint density at radius 1 is 1.28 bits per heavy atom. The van der Waals surface area contributed by atoms with Crippen LogP contribution in [0.4, 0.5) is 0 Å². The Morgan fingerprint density at radius 3 is 2.67 bits per heavy atom. The molecule has 1 heterocycles. The van der Waals surface area contributed by atoms with Gasteiger partial charge in [0, 0.05) is 10.8 Å². The fourth-order valence-corrected chi connectivity index (χ4v) is 3.40. The summed E-state index contributed by atoms with van der Waals surface area (Å²) in [6, 6.07) is 3.71. The number of esters is 1. The van der Waals surface area contributed by atoms with Crippen LogP contribution in [0.5, 0.6) is 0 Å². The van der Waals surface area contributed by atoms with Gasteiger partial charge in [0.25, 0.3) is 0 Å². The van der Waals surface area contributed by atoms with Gasteiger partial charge in [0.05, 0.1) is 18.4 Å². The maximum atomic E-state index is 12.3. The van der Waals surface area contributed by atoms with Crippen LogP contribution in [0.2, 0.25) is 0 Å². The molecule has 0 radical (unpaired) electrons. The molecular weight excluding hydrogens is 248 g/mol. The molecule has 1 aliphatic carbocycles. The normalized spacial score (nSPS) is 16.5. The van der Waals surface area contributed by atoms with Crippen molar-refractivity contribution in [1.82, 2.24) is 0 Å². The van der Waals surface area contributed by atoms with Crippen LogP contribution < -0.4 is 0 Å². The first-order valence-corrected chi connectivity index (χ1v) is 7.22. The summed E-state index contributed by atoms with van der Waals surface area (Å²) in [5.74, 6) is 0.202. The second kappa shape index (κ2) is 6.14. The van der Waals surface area contributed by atoms with Crippen molar-refractivity contribution in [2.45, 2.75) is 38.5 Å². The van der Waals surface area contributed by atoms with Gasteiger partial charge >= 0.3 is 5.97 Å². The van der Waals surface area contributed by atoms with Gasteiger partial charge in [0.2, 0.25) is 0 Å². The van der Waals surface area contributed by atoms with Crippen LogP contribution in [0.3, 0.4) is 0 Å². The number of methoxy groups -OCH3 is 1. The van der Waals surface area contributed by atoms with E-state index in [0.717, 1.165) is 35.4 Å². The second-order valence-corrected chi connectivity index (χ2v) is 5.89. The van der Waals surface area contributed by atoms with Gasteiger partial charge in [-0.25, -0.2) is 0 Å². The number of ketones is 1. The molecule has 0 atom stereocenters. The third kappa shape index (κ3) is 3.19. The molecule has 1 aromatic rings. The number of hydrogen-bond acceptors (Lipinski definition) is 4. The van der Waals surface area contributed by atoms with Crippen molar-refractivity contribution in [1.29, 1.82) is 0 Å². The van der Waals surface area contributed by atoms with E-state index in [4.69, 9.17) is 0 Å². The highest BCUT2D eigenvalue weighted by atomic mass is 32.1. The first-order valence-electron chi connectivity index (χ1n) is 6.40. The predicted molar refractivity (Wildman–Crippen MR) is 70.9 cm³/mol. The average Bonchev–Trinajstić information content (AvgIpc) is 2.87. The van der Waals surface area contributed by atoms with Gasteiger partial charge in [-0.3, -0.25) is 9.59 Å². The van der Waals surface area contributed by atoms with E-state index in [9.17, 15) is 9.59 Å². The zero-order valence-electron chi connectivity index (χ0n) is 10.6. The molecule has 18 heavy (non-hydrogen) atoms. The largest absolute Gasteiger partial charge is 0.469 e. The van der Waals surface area contributed by atoms with Crippen molar-refractivity contribution in [3.05, 3.63) is 21.9 Å². The molecule has 0 aliphatic heterocycles. The molecule has 1 fully saturated rings. The first-order chi connectivity index (χ1) is 8.70. The van der Waals surface area contributed by atoms with E-state index < -0.39 is 0 Å². The summed E-state index contributed by atoms with van der Waals surface area (Å²) in [5.41, 5.74) is 0. The molecule has 3 nitrogen and oxygen atoms in total. The molecule has 4 heteroatoms. The molecule has 0 amide bonds. The Balaban J connectivity index is 2.00. The molecule has 0 spiro atoms. The third-order valence-electron chi connectivity index (χ3n) is 3.43. The summed E-state index contributed by atoms with van der Waals surface area (Å²) in [4.78, 5) is 25.1. The zero-order chi connectivity index (χ0) is 13.0. The minimum Gasteiger partial charge on any atom is -0.469 e. The molecule has 0 saturated heterocycles. The van der Waals surface area contributed by atoms with Crippen molar-refractivity contribution >= 4 is 23.1 Å². The van der Waals surface area contributed by atoms with Crippen LogP contribution in [0, 0.1) is 5.92 Å². The van der Waals surface area contributed by atoms with Gasteiger partial charge in [0.15, 0.2) is 5.78 Å². The minimum atomic E-state index is -0.256. The van der Waals surface area contributed by atoms with Gasteiger partial charge in [-0.1, -0.05) is 19.3 Å². The number of Topliss-reactive ketones (excluding diaryl/α,β-unsaturated/α-hetero) is 1. The van der Waals surface area contributed by atoms with Crippen molar-refractivity contribution in [3.8, 4) is 0 Å². The summed E-state index contributed by atoms with van der Waals surface area (Å²) in [7, 11) is 1.38. The van der Waals surface area contributed by atoms with Crippen LogP contribution in [0.1, 0.15) is 46.7 Å². The molecule has 1 aliphatic rings. The number of carbonyl (C=O) groups is 2. The van der Waals surface area contributed by atoms with Gasteiger partial charge < -0.3 is 4.74 Å². The van der Waals surface area contributed by atoms with Crippen molar-refractivity contribution < 1.29 is 14.3 Å². The molecule has 1 saturated carbocycles. The van der Waals surface area contributed by atoms with E-state index in [1.54, 1.807) is 0 Å². The van der Waals surface area contributed by atoms with Crippen LogP contribution in [0.25, 0.3) is 0 Å². The van der Waals surface area contributed by atoms with Crippen molar-refractivity contribution in [2.75, 3.05) is 7.11 Å². The fraction of sp³-hybridized carbons (Fsp3) is 0.571. The lowest BCUT2D eigenvalue weighted by atomic mass is 9.86. The van der Waals surface area contributed by atoms with Gasteiger partial charge in [-0.2, -0.15) is 0 Å². The molecule has 0 bridgehead atoms. The third-order valence-corrected chi connectivity index (χ3v) is 4.53. The Labute approximate surface area is 111 Å². The highest BCUT2D eigenvalue weighted by molar-refractivity contribution is 7.14. The second-order valence-electron chi connectivity index (χ2n) is 4.72. The van der Waals surface area contributed by atoms with Gasteiger partial charge in [-0.15, -0.1) is 11.3 Å². The monoisotopic (exact) mass is 266 g/mol. The quantitative estimate of drug-likeness (QED) is 0.620. The lowest BCUT2D eigenvalue weighted by Gasteiger charge is -2.19. The molecule has 2 rings (SSSR count). The summed E-state index contributed by atoms with van der Waals surface area (Å²) in [6.45, 7) is 0. The molecule has 0 N–H and O–H groups in total. The SMILES string of the molecule is COC(=O)Cc1ccc(C(=O)C2CCCCC2)s1. The number of thiophene rings is 1. The summed E-state index contributed by atoms with van der Waals surface area (Å²) < 4.78 is 4.62. The van der Waals surface area contributed by atoms with Crippen LogP contribution >= 0.6 is 11.3 Å². The average molecular weight is 266 g/mol. The molecule has 1 aromatic heterocycles. The topological polar surface area (TPSA) is 43.4 Å². The van der Waals surface area contributed by atoms with E-state index >= 15 is 0 Å². The van der Waals surface area contributed by atoms with E-state index in [2.05, 4.69) is 4.74 Å². The number of carbonyl (C=O) groups excluding carboxylic acids is 2. The van der Waals surface area contributed by atoms with Crippen molar-refractivity contribution in [2.24, 2.45) is 5.92 Å². The lowest BCUT2D eigenvalue weighted by molar-refractivity contribution is -0.139. The Morgan fingerprint density at radius 2 is 2.00 bits per heavy atom. The highest BCUT2D eigenvalue weighted by Crippen LogP contribution is 2.29. The van der Waals surface area contributed by atoms with Crippen LogP contribution in [-0.2, 0) is 16.0 Å². The molecule has 0 unspecified atom stereocenters. The smallest absolute Gasteiger partial charge is 0.310 e. The summed E-state index contributed by atoms with van der Waals surface area (Å²) in [6.07, 6.45) is 5.88. The molecule has 98 valence electrons. The standard InChI is InChI=1S/C14H18O3S/c1-17-13(15)9-11-7-8-12(18-11)14(16)10-5-3-2-4-6-10/h7-8,10H,2-6,9H2,1H3. The fourth-order valence-electron chi connectivity index (χ4n) is 2.39. The summed E-state index contributed by atoms with van der Waals surface area (Å²) >= 11 is 1.43. The summed E-state index contributed by atoms with van der Waals surface area (Å²) in [5, 5.41) is 0. The van der Waals surface area contributed by atoms with Crippen LogP contribution in [0.15, 0.2) is 12.1 Å². The number of rotatable bonds is 4. The highest BCUT2D eigenvalue weighted by Gasteiger charge is 2.23. The maximum Gasteiger partial charge on any atom is 0.310 e. The van der Waals surface area contributed by atoms with E-state index in [1.165, 1.54) is 24.9 Å². The van der Waals surface area contributed by atoms with Crippen LogP contribution in [-0.4, -0.2) is 18.9 Å². The minimum absolute atomic E-state index is 0.198. The zero-order valence-corrected chi connectivity index (χ0v) is 11.4. The first kappa shape index (κ1) is 13.3. The van der Waals surface area contributed by atoms with E-state index in [-0.39, 0.29) is 24.1 Å². The molecular formula is C14H18O3S. The lowest BCUT2D eigenvalue weighted by Crippen LogP contribution is -2.16. The predicted octanol–water partition coefficient (Wildman–Crippen LogP) is 3.23. The number of hydrogen-bond donors (Lipinski definition) is 0. The number of ether oxygens (including phenoxy) is 1. The maximum absolute atomic E-state index is 12.3. The Hall–Kier alpha value is -1.16. The molecule has 0 aromatic carbocycles.